The van der Waals surface area contributed by atoms with E-state index in [4.69, 9.17) is 4.74 Å². The van der Waals surface area contributed by atoms with Crippen molar-refractivity contribution < 1.29 is 23.4 Å². The van der Waals surface area contributed by atoms with Gasteiger partial charge in [0.2, 0.25) is 0 Å². The van der Waals surface area contributed by atoms with Crippen molar-refractivity contribution >= 4 is 17.4 Å². The fourth-order valence-electron chi connectivity index (χ4n) is 4.71. The van der Waals surface area contributed by atoms with Crippen molar-refractivity contribution in [2.45, 2.75) is 95.9 Å². The summed E-state index contributed by atoms with van der Waals surface area (Å²) in [6.45, 7) is 7.61. The summed E-state index contributed by atoms with van der Waals surface area (Å²) in [5.74, 6) is -1.40. The van der Waals surface area contributed by atoms with Crippen LogP contribution in [0.2, 0.25) is 0 Å². The van der Waals surface area contributed by atoms with Crippen LogP contribution < -0.4 is 10.6 Å². The Labute approximate surface area is 211 Å². The highest BCUT2D eigenvalue weighted by molar-refractivity contribution is 7.10. The fraction of sp³-hybridized carbons (Fsp3) is 0.593. The average Bonchev–Trinajstić information content (AvgIpc) is 3.26. The molecule has 35 heavy (non-hydrogen) atoms. The normalized spacial score (nSPS) is 17.6. The largest absolute Gasteiger partial charge is 0.444 e. The van der Waals surface area contributed by atoms with Gasteiger partial charge in [0.1, 0.15) is 17.2 Å². The standard InChI is InChI=1S/C27H38F2N2O3S/c1-5-22-14-19(17-35-22)27(9-7-6-8-10-27)30-16-24(32)23(31-25(33)34-26(2,3)4)13-18-11-20(28)15-21(29)12-18/h11-12,14-15,17,23-24,30,32H,5-10,13,16H2,1-4H3,(H,31,33)/t23-,24-/m1/s1. The number of carbonyl (C=O) groups excluding carboxylic acids is 1. The highest BCUT2D eigenvalue weighted by atomic mass is 32.1. The van der Waals surface area contributed by atoms with Gasteiger partial charge in [-0.3, -0.25) is 0 Å². The molecule has 0 bridgehead atoms. The van der Waals surface area contributed by atoms with Gasteiger partial charge in [0.25, 0.3) is 0 Å². The van der Waals surface area contributed by atoms with Crippen LogP contribution in [0.15, 0.2) is 29.6 Å². The zero-order valence-corrected chi connectivity index (χ0v) is 21.9. The first-order chi connectivity index (χ1) is 16.5. The average molecular weight is 509 g/mol. The predicted octanol–water partition coefficient (Wildman–Crippen LogP) is 5.83. The van der Waals surface area contributed by atoms with Gasteiger partial charge in [-0.1, -0.05) is 26.2 Å². The number of halogens is 2. The molecule has 0 saturated heterocycles. The first kappa shape index (κ1) is 27.6. The highest BCUT2D eigenvalue weighted by Gasteiger charge is 2.36. The molecule has 0 spiro atoms. The lowest BCUT2D eigenvalue weighted by molar-refractivity contribution is 0.0408. The number of aryl methyl sites for hydroxylation is 1. The van der Waals surface area contributed by atoms with Crippen LogP contribution in [0.5, 0.6) is 0 Å². The number of thiophene rings is 1. The summed E-state index contributed by atoms with van der Waals surface area (Å²) in [7, 11) is 0. The molecule has 194 valence electrons. The summed E-state index contributed by atoms with van der Waals surface area (Å²) in [5.41, 5.74) is 0.644. The number of carbonyl (C=O) groups is 1. The maximum absolute atomic E-state index is 13.8. The molecule has 3 N–H and O–H groups in total. The van der Waals surface area contributed by atoms with Crippen molar-refractivity contribution in [1.29, 1.82) is 0 Å². The molecule has 1 heterocycles. The van der Waals surface area contributed by atoms with Crippen LogP contribution in [0.25, 0.3) is 0 Å². The molecule has 1 saturated carbocycles. The summed E-state index contributed by atoms with van der Waals surface area (Å²) in [6, 6.07) is 4.69. The van der Waals surface area contributed by atoms with Crippen LogP contribution in [-0.4, -0.2) is 35.5 Å². The van der Waals surface area contributed by atoms with Crippen LogP contribution in [0.1, 0.15) is 75.8 Å². The Morgan fingerprint density at radius 1 is 1.14 bits per heavy atom. The van der Waals surface area contributed by atoms with Gasteiger partial charge < -0.3 is 20.5 Å². The number of benzene rings is 1. The van der Waals surface area contributed by atoms with E-state index in [0.717, 1.165) is 38.2 Å². The quantitative estimate of drug-likeness (QED) is 0.398. The van der Waals surface area contributed by atoms with Gasteiger partial charge in [0.15, 0.2) is 0 Å². The van der Waals surface area contributed by atoms with Crippen LogP contribution in [-0.2, 0) is 23.1 Å². The predicted molar refractivity (Wildman–Crippen MR) is 136 cm³/mol. The summed E-state index contributed by atoms with van der Waals surface area (Å²) >= 11 is 1.75. The van der Waals surface area contributed by atoms with E-state index in [-0.39, 0.29) is 18.5 Å². The number of hydrogen-bond donors (Lipinski definition) is 3. The smallest absolute Gasteiger partial charge is 0.407 e. The van der Waals surface area contributed by atoms with Crippen LogP contribution >= 0.6 is 11.3 Å². The third-order valence-corrected chi connectivity index (χ3v) is 7.54. The Morgan fingerprint density at radius 3 is 2.37 bits per heavy atom. The van der Waals surface area contributed by atoms with Crippen LogP contribution in [0.3, 0.4) is 0 Å². The van der Waals surface area contributed by atoms with Crippen LogP contribution in [0.4, 0.5) is 13.6 Å². The lowest BCUT2D eigenvalue weighted by Crippen LogP contribution is -2.53. The van der Waals surface area contributed by atoms with Gasteiger partial charge in [-0.25, -0.2) is 13.6 Å². The second-order valence-corrected chi connectivity index (χ2v) is 11.5. The first-order valence-electron chi connectivity index (χ1n) is 12.4. The molecule has 2 atom stereocenters. The molecule has 1 aliphatic carbocycles. The minimum Gasteiger partial charge on any atom is -0.444 e. The number of nitrogens with one attached hydrogen (secondary N) is 2. The molecule has 8 heteroatoms. The van der Waals surface area contributed by atoms with Crippen molar-refractivity contribution in [3.05, 3.63) is 57.3 Å². The molecule has 0 unspecified atom stereocenters. The van der Waals surface area contributed by atoms with Gasteiger partial charge in [-0.2, -0.15) is 0 Å². The maximum Gasteiger partial charge on any atom is 0.407 e. The minimum absolute atomic E-state index is 0.0577. The van der Waals surface area contributed by atoms with Crippen molar-refractivity contribution in [3.63, 3.8) is 0 Å². The molecule has 1 aliphatic rings. The molecule has 3 rings (SSSR count). The number of hydrogen-bond acceptors (Lipinski definition) is 5. The van der Waals surface area contributed by atoms with Crippen molar-refractivity contribution in [1.82, 2.24) is 10.6 Å². The Morgan fingerprint density at radius 2 is 1.80 bits per heavy atom. The van der Waals surface area contributed by atoms with Gasteiger partial charge in [-0.15, -0.1) is 11.3 Å². The van der Waals surface area contributed by atoms with E-state index < -0.39 is 35.5 Å². The lowest BCUT2D eigenvalue weighted by Gasteiger charge is -2.39. The molecule has 1 aromatic carbocycles. The van der Waals surface area contributed by atoms with Crippen molar-refractivity contribution in [2.75, 3.05) is 6.54 Å². The van der Waals surface area contributed by atoms with E-state index in [0.29, 0.717) is 5.56 Å². The molecule has 5 nitrogen and oxygen atoms in total. The SMILES string of the molecule is CCc1cc(C2(NC[C@@H](O)[C@@H](Cc3cc(F)cc(F)c3)NC(=O)OC(C)(C)C)CCCCC2)cs1. The molecule has 0 radical (unpaired) electrons. The zero-order valence-electron chi connectivity index (χ0n) is 21.1. The maximum atomic E-state index is 13.8. The first-order valence-corrected chi connectivity index (χ1v) is 13.3. The van der Waals surface area contributed by atoms with E-state index in [9.17, 15) is 18.7 Å². The van der Waals surface area contributed by atoms with Gasteiger partial charge >= 0.3 is 6.09 Å². The monoisotopic (exact) mass is 508 g/mol. The molecular weight excluding hydrogens is 470 g/mol. The number of alkyl carbamates (subject to hydrolysis) is 1. The minimum atomic E-state index is -1.00. The zero-order chi connectivity index (χ0) is 25.6. The molecule has 1 amide bonds. The molecule has 1 aromatic heterocycles. The van der Waals surface area contributed by atoms with Gasteiger partial charge in [0, 0.05) is 23.0 Å². The lowest BCUT2D eigenvalue weighted by atomic mass is 9.77. The van der Waals surface area contributed by atoms with E-state index in [1.165, 1.54) is 29.0 Å². The number of amides is 1. The number of ether oxygens (including phenoxy) is 1. The number of rotatable bonds is 9. The Kier molecular flexibility index (Phi) is 9.29. The second kappa shape index (κ2) is 11.8. The topological polar surface area (TPSA) is 70.6 Å². The van der Waals surface area contributed by atoms with Gasteiger partial charge in [0.05, 0.1) is 12.1 Å². The van der Waals surface area contributed by atoms with E-state index in [1.807, 2.05) is 0 Å². The summed E-state index contributed by atoms with van der Waals surface area (Å²) in [6.07, 6.45) is 4.68. The molecule has 2 aromatic rings. The second-order valence-electron chi connectivity index (χ2n) is 10.5. The summed E-state index contributed by atoms with van der Waals surface area (Å²) in [4.78, 5) is 13.8. The summed E-state index contributed by atoms with van der Waals surface area (Å²) in [5, 5.41) is 19.7. The Balaban J connectivity index is 1.78. The third kappa shape index (κ3) is 7.98. The van der Waals surface area contributed by atoms with Crippen molar-refractivity contribution in [2.24, 2.45) is 0 Å². The molecule has 0 aliphatic heterocycles. The van der Waals surface area contributed by atoms with Crippen molar-refractivity contribution in [3.8, 4) is 0 Å². The van der Waals surface area contributed by atoms with Crippen LogP contribution in [0, 0.1) is 11.6 Å². The molecular formula is C27H38F2N2O3S. The van der Waals surface area contributed by atoms with E-state index >= 15 is 0 Å². The van der Waals surface area contributed by atoms with E-state index in [2.05, 4.69) is 29.0 Å². The molecule has 1 fully saturated rings. The highest BCUT2D eigenvalue weighted by Crippen LogP contribution is 2.39. The summed E-state index contributed by atoms with van der Waals surface area (Å²) < 4.78 is 33.0. The third-order valence-electron chi connectivity index (χ3n) is 6.46. The number of aliphatic hydroxyl groups is 1. The van der Waals surface area contributed by atoms with E-state index in [1.54, 1.807) is 32.1 Å². The Bertz CT molecular complexity index is 963. The Hall–Kier alpha value is -2.03. The number of aliphatic hydroxyl groups excluding tert-OH is 1. The van der Waals surface area contributed by atoms with Gasteiger partial charge in [-0.05, 0) is 81.2 Å². The fourth-order valence-corrected chi connectivity index (χ4v) is 5.64.